The van der Waals surface area contributed by atoms with Gasteiger partial charge in [0, 0.05) is 15.6 Å². The summed E-state index contributed by atoms with van der Waals surface area (Å²) in [5.41, 5.74) is 0.679. The number of carbonyl (C=O) groups is 1. The minimum Gasteiger partial charge on any atom is -0.482 e. The summed E-state index contributed by atoms with van der Waals surface area (Å²) in [6.45, 7) is -0.238. The van der Waals surface area contributed by atoms with Gasteiger partial charge in [-0.15, -0.1) is 10.2 Å². The predicted octanol–water partition coefficient (Wildman–Crippen LogP) is 5.84. The molecule has 0 saturated carbocycles. The van der Waals surface area contributed by atoms with Crippen LogP contribution >= 0.6 is 57.7 Å². The Morgan fingerprint density at radius 3 is 2.38 bits per heavy atom. The number of rotatable bonds is 5. The second-order valence-electron chi connectivity index (χ2n) is 4.95. The van der Waals surface area contributed by atoms with Crippen molar-refractivity contribution in [2.45, 2.75) is 0 Å². The Morgan fingerprint density at radius 2 is 1.69 bits per heavy atom. The van der Waals surface area contributed by atoms with E-state index in [0.29, 0.717) is 41.5 Å². The van der Waals surface area contributed by atoms with Crippen LogP contribution in [0.5, 0.6) is 5.75 Å². The average molecular weight is 449 g/mol. The first kappa shape index (κ1) is 19.2. The van der Waals surface area contributed by atoms with E-state index >= 15 is 0 Å². The van der Waals surface area contributed by atoms with Gasteiger partial charge in [0.05, 0.1) is 10.0 Å². The number of nitrogens with one attached hydrogen (secondary N) is 1. The minimum absolute atomic E-state index is 0.238. The van der Waals surface area contributed by atoms with E-state index in [2.05, 4.69) is 15.5 Å². The van der Waals surface area contributed by atoms with Crippen molar-refractivity contribution in [3.05, 3.63) is 56.5 Å². The van der Waals surface area contributed by atoms with Crippen LogP contribution in [0.15, 0.2) is 36.4 Å². The lowest BCUT2D eigenvalue weighted by molar-refractivity contribution is -0.118. The molecule has 3 aromatic rings. The number of hydrogen-bond donors (Lipinski definition) is 1. The lowest BCUT2D eigenvalue weighted by Gasteiger charge is -2.07. The van der Waals surface area contributed by atoms with Crippen molar-refractivity contribution in [3.63, 3.8) is 0 Å². The average Bonchev–Trinajstić information content (AvgIpc) is 3.02. The van der Waals surface area contributed by atoms with Crippen molar-refractivity contribution < 1.29 is 9.53 Å². The van der Waals surface area contributed by atoms with Crippen molar-refractivity contribution in [2.75, 3.05) is 11.9 Å². The van der Waals surface area contributed by atoms with Gasteiger partial charge in [-0.25, -0.2) is 0 Å². The van der Waals surface area contributed by atoms with Crippen LogP contribution in [-0.2, 0) is 4.79 Å². The predicted molar refractivity (Wildman–Crippen MR) is 106 cm³/mol. The van der Waals surface area contributed by atoms with Crippen LogP contribution in [0.3, 0.4) is 0 Å². The maximum Gasteiger partial charge on any atom is 0.264 e. The molecule has 10 heteroatoms. The summed E-state index contributed by atoms with van der Waals surface area (Å²) >= 11 is 25.0. The molecular formula is C16H9Cl4N3O2S. The van der Waals surface area contributed by atoms with Crippen LogP contribution in [0.1, 0.15) is 0 Å². The fourth-order valence-corrected chi connectivity index (χ4v) is 3.75. The molecule has 0 unspecified atom stereocenters. The topological polar surface area (TPSA) is 64.1 Å². The molecule has 134 valence electrons. The second kappa shape index (κ2) is 8.41. The number of carbonyl (C=O) groups excluding carboxylic acids is 1. The Labute approximate surface area is 172 Å². The Hall–Kier alpha value is -1.57. The van der Waals surface area contributed by atoms with Crippen molar-refractivity contribution >= 4 is 68.8 Å². The number of amides is 1. The summed E-state index contributed by atoms with van der Waals surface area (Å²) in [5, 5.41) is 13.2. The molecule has 0 radical (unpaired) electrons. The molecule has 1 N–H and O–H groups in total. The molecule has 26 heavy (non-hydrogen) atoms. The van der Waals surface area contributed by atoms with Gasteiger partial charge in [-0.2, -0.15) is 0 Å². The maximum atomic E-state index is 12.0. The highest BCUT2D eigenvalue weighted by Gasteiger charge is 2.13. The molecule has 0 aliphatic heterocycles. The highest BCUT2D eigenvalue weighted by molar-refractivity contribution is 7.18. The number of benzene rings is 2. The first-order chi connectivity index (χ1) is 12.4. The van der Waals surface area contributed by atoms with Gasteiger partial charge in [0.25, 0.3) is 5.91 Å². The lowest BCUT2D eigenvalue weighted by Crippen LogP contribution is -2.20. The third-order valence-electron chi connectivity index (χ3n) is 3.09. The van der Waals surface area contributed by atoms with E-state index in [-0.39, 0.29) is 6.61 Å². The van der Waals surface area contributed by atoms with Gasteiger partial charge in [-0.3, -0.25) is 10.1 Å². The zero-order valence-electron chi connectivity index (χ0n) is 12.8. The third kappa shape index (κ3) is 4.78. The smallest absolute Gasteiger partial charge is 0.264 e. The van der Waals surface area contributed by atoms with E-state index in [1.807, 2.05) is 0 Å². The fraction of sp³-hybridized carbons (Fsp3) is 0.0625. The van der Waals surface area contributed by atoms with E-state index in [9.17, 15) is 4.79 Å². The molecule has 0 saturated heterocycles. The Morgan fingerprint density at radius 1 is 1.00 bits per heavy atom. The maximum absolute atomic E-state index is 12.0. The van der Waals surface area contributed by atoms with E-state index < -0.39 is 5.91 Å². The molecule has 3 rings (SSSR count). The number of hydrogen-bond acceptors (Lipinski definition) is 5. The van der Waals surface area contributed by atoms with E-state index in [1.54, 1.807) is 30.3 Å². The van der Waals surface area contributed by atoms with Crippen LogP contribution in [0.2, 0.25) is 20.1 Å². The summed E-state index contributed by atoms with van der Waals surface area (Å²) in [7, 11) is 0. The molecule has 0 atom stereocenters. The third-order valence-corrected chi connectivity index (χ3v) is 5.04. The number of ether oxygens (including phenoxy) is 1. The molecule has 0 aliphatic rings. The fourth-order valence-electron chi connectivity index (χ4n) is 1.94. The molecule has 1 aromatic heterocycles. The first-order valence-electron chi connectivity index (χ1n) is 7.09. The van der Waals surface area contributed by atoms with Crippen LogP contribution in [0.4, 0.5) is 5.13 Å². The van der Waals surface area contributed by atoms with Crippen molar-refractivity contribution in [3.8, 4) is 16.3 Å². The van der Waals surface area contributed by atoms with E-state index in [4.69, 9.17) is 51.1 Å². The zero-order chi connectivity index (χ0) is 18.7. The molecule has 1 amide bonds. The molecule has 0 fully saturated rings. The van der Waals surface area contributed by atoms with Gasteiger partial charge in [0.2, 0.25) is 5.13 Å². The number of aromatic nitrogens is 2. The second-order valence-corrected chi connectivity index (χ2v) is 7.61. The van der Waals surface area contributed by atoms with Crippen LogP contribution in [-0.4, -0.2) is 22.7 Å². The van der Waals surface area contributed by atoms with Crippen LogP contribution in [0.25, 0.3) is 10.6 Å². The molecule has 0 bridgehead atoms. The largest absolute Gasteiger partial charge is 0.482 e. The van der Waals surface area contributed by atoms with E-state index in [0.717, 1.165) is 0 Å². The molecular weight excluding hydrogens is 440 g/mol. The van der Waals surface area contributed by atoms with E-state index in [1.165, 1.54) is 17.4 Å². The van der Waals surface area contributed by atoms with Gasteiger partial charge in [0.15, 0.2) is 11.6 Å². The number of anilines is 1. The Kier molecular flexibility index (Phi) is 6.21. The summed E-state index contributed by atoms with van der Waals surface area (Å²) < 4.78 is 5.37. The summed E-state index contributed by atoms with van der Waals surface area (Å²) in [5.74, 6) is -0.0435. The molecule has 1 heterocycles. The van der Waals surface area contributed by atoms with Gasteiger partial charge in [-0.05, 0) is 36.4 Å². The molecule has 0 spiro atoms. The van der Waals surface area contributed by atoms with Crippen LogP contribution < -0.4 is 10.1 Å². The van der Waals surface area contributed by atoms with Crippen molar-refractivity contribution in [2.24, 2.45) is 0 Å². The van der Waals surface area contributed by atoms with Gasteiger partial charge in [0.1, 0.15) is 5.75 Å². The highest BCUT2D eigenvalue weighted by atomic mass is 35.5. The van der Waals surface area contributed by atoms with Crippen molar-refractivity contribution in [1.82, 2.24) is 10.2 Å². The Bertz CT molecular complexity index is 964. The quantitative estimate of drug-likeness (QED) is 0.532. The molecule has 2 aromatic carbocycles. The SMILES string of the molecule is O=C(COc1ccc(Cl)cc1Cl)Nc1nnc(-c2ccc(Cl)cc2Cl)s1. The van der Waals surface area contributed by atoms with Gasteiger partial charge < -0.3 is 4.74 Å². The number of nitrogens with zero attached hydrogens (tertiary/aromatic N) is 2. The summed E-state index contributed by atoms with van der Waals surface area (Å²) in [6, 6.07) is 9.79. The standard InChI is InChI=1S/C16H9Cl4N3O2S/c17-8-1-3-10(11(19)5-8)15-22-23-16(26-15)21-14(24)7-25-13-4-2-9(18)6-12(13)20/h1-6H,7H2,(H,21,23,24). The number of halogens is 4. The van der Waals surface area contributed by atoms with Gasteiger partial charge in [-0.1, -0.05) is 57.7 Å². The minimum atomic E-state index is -0.402. The monoisotopic (exact) mass is 447 g/mol. The highest BCUT2D eigenvalue weighted by Crippen LogP contribution is 2.33. The molecule has 5 nitrogen and oxygen atoms in total. The normalized spacial score (nSPS) is 10.6. The zero-order valence-corrected chi connectivity index (χ0v) is 16.6. The molecule has 0 aliphatic carbocycles. The van der Waals surface area contributed by atoms with Gasteiger partial charge >= 0.3 is 0 Å². The van der Waals surface area contributed by atoms with Crippen molar-refractivity contribution in [1.29, 1.82) is 0 Å². The summed E-state index contributed by atoms with van der Waals surface area (Å²) in [4.78, 5) is 12.0. The van der Waals surface area contributed by atoms with Crippen LogP contribution in [0, 0.1) is 0 Å². The summed E-state index contributed by atoms with van der Waals surface area (Å²) in [6.07, 6.45) is 0. The Balaban J connectivity index is 1.62. The first-order valence-corrected chi connectivity index (χ1v) is 9.42. The lowest BCUT2D eigenvalue weighted by atomic mass is 10.2.